The predicted octanol–water partition coefficient (Wildman–Crippen LogP) is 4.45. The van der Waals surface area contributed by atoms with Gasteiger partial charge in [-0.3, -0.25) is 9.89 Å². The van der Waals surface area contributed by atoms with Crippen molar-refractivity contribution in [3.05, 3.63) is 82.2 Å². The second-order valence-corrected chi connectivity index (χ2v) is 8.42. The number of aromatic amines is 1. The maximum Gasteiger partial charge on any atom is 0.275 e. The number of nitrogens with one attached hydrogen (secondary N) is 1. The molecule has 1 aliphatic heterocycles. The van der Waals surface area contributed by atoms with Crippen LogP contribution in [0.4, 0.5) is 0 Å². The van der Waals surface area contributed by atoms with Crippen LogP contribution in [0.15, 0.2) is 48.5 Å². The molecule has 0 saturated heterocycles. The van der Waals surface area contributed by atoms with Gasteiger partial charge in [0.1, 0.15) is 18.5 Å². The Balaban J connectivity index is 1.43. The number of hydrogen-bond donors (Lipinski definition) is 1. The summed E-state index contributed by atoms with van der Waals surface area (Å²) in [4.78, 5) is 15.3. The van der Waals surface area contributed by atoms with Crippen molar-refractivity contribution >= 4 is 5.91 Å². The van der Waals surface area contributed by atoms with Crippen LogP contribution < -0.4 is 4.74 Å². The van der Waals surface area contributed by atoms with Crippen molar-refractivity contribution in [2.75, 3.05) is 19.8 Å². The molecule has 6 heteroatoms. The van der Waals surface area contributed by atoms with Gasteiger partial charge in [-0.05, 0) is 55.9 Å². The van der Waals surface area contributed by atoms with Gasteiger partial charge in [0.25, 0.3) is 5.91 Å². The summed E-state index contributed by atoms with van der Waals surface area (Å²) < 4.78 is 12.1. The summed E-state index contributed by atoms with van der Waals surface area (Å²) in [5.41, 5.74) is 5.97. The molecule has 2 aliphatic rings. The van der Waals surface area contributed by atoms with Crippen molar-refractivity contribution < 1.29 is 14.3 Å². The van der Waals surface area contributed by atoms with Crippen LogP contribution in [0, 0.1) is 0 Å². The van der Waals surface area contributed by atoms with Crippen molar-refractivity contribution in [1.29, 1.82) is 0 Å². The monoisotopic (exact) mass is 431 g/mol. The molecule has 1 aromatic heterocycles. The van der Waals surface area contributed by atoms with Crippen LogP contribution >= 0.6 is 0 Å². The molecule has 0 radical (unpaired) electrons. The van der Waals surface area contributed by atoms with Crippen LogP contribution in [0.2, 0.25) is 0 Å². The van der Waals surface area contributed by atoms with E-state index < -0.39 is 0 Å². The van der Waals surface area contributed by atoms with E-state index in [1.165, 1.54) is 0 Å². The molecule has 0 saturated carbocycles. The number of amides is 1. The lowest BCUT2D eigenvalue weighted by Crippen LogP contribution is -2.33. The smallest absolute Gasteiger partial charge is 0.275 e. The number of fused-ring (bicyclic) bond motifs is 2. The van der Waals surface area contributed by atoms with Gasteiger partial charge in [-0.2, -0.15) is 5.10 Å². The fourth-order valence-corrected chi connectivity index (χ4v) is 4.74. The summed E-state index contributed by atoms with van der Waals surface area (Å²) in [7, 11) is 0. The molecule has 1 N–H and O–H groups in total. The van der Waals surface area contributed by atoms with E-state index in [0.29, 0.717) is 32.0 Å². The molecule has 3 aromatic rings. The summed E-state index contributed by atoms with van der Waals surface area (Å²) >= 11 is 0. The molecule has 166 valence electrons. The lowest BCUT2D eigenvalue weighted by atomic mass is 9.95. The maximum absolute atomic E-state index is 13.4. The SMILES string of the molecule is CCO[C@H](c1ccccc1)c1ccc2c(c1)CN(C(=O)c1n[nH]c3c1CCCC3)CCO2. The molecular formula is C26H29N3O3. The Morgan fingerprint density at radius 2 is 2.00 bits per heavy atom. The predicted molar refractivity (Wildman–Crippen MR) is 122 cm³/mol. The molecule has 2 aromatic carbocycles. The standard InChI is InChI=1S/C26H29N3O3/c1-2-31-25(18-8-4-3-5-9-18)19-12-13-23-20(16-19)17-29(14-15-32-23)26(30)24-21-10-6-7-11-22(21)27-28-24/h3-5,8-9,12-13,16,25H,2,6-7,10-11,14-15,17H2,1H3,(H,27,28)/t25-/m1/s1. The lowest BCUT2D eigenvalue weighted by molar-refractivity contribution is 0.0726. The normalized spacial score (nSPS) is 16.5. The average Bonchev–Trinajstić information content (AvgIpc) is 3.15. The van der Waals surface area contributed by atoms with Crippen LogP contribution in [-0.4, -0.2) is 40.8 Å². The van der Waals surface area contributed by atoms with E-state index in [0.717, 1.165) is 59.4 Å². The third kappa shape index (κ3) is 4.02. The third-order valence-electron chi connectivity index (χ3n) is 6.35. The van der Waals surface area contributed by atoms with Crippen LogP contribution in [-0.2, 0) is 24.1 Å². The second kappa shape index (κ2) is 9.17. The molecule has 5 rings (SSSR count). The number of H-pyrrole nitrogens is 1. The highest BCUT2D eigenvalue weighted by Crippen LogP contribution is 2.32. The van der Waals surface area contributed by atoms with E-state index in [2.05, 4.69) is 34.5 Å². The van der Waals surface area contributed by atoms with E-state index in [-0.39, 0.29) is 12.0 Å². The van der Waals surface area contributed by atoms with Crippen molar-refractivity contribution in [3.63, 3.8) is 0 Å². The first-order valence-electron chi connectivity index (χ1n) is 11.5. The summed E-state index contributed by atoms with van der Waals surface area (Å²) in [5, 5.41) is 7.48. The molecule has 2 heterocycles. The summed E-state index contributed by atoms with van der Waals surface area (Å²) in [5.74, 6) is 0.812. The molecule has 0 spiro atoms. The Labute approximate surface area is 188 Å². The van der Waals surface area contributed by atoms with Gasteiger partial charge in [0.2, 0.25) is 0 Å². The largest absolute Gasteiger partial charge is 0.491 e. The van der Waals surface area contributed by atoms with Crippen molar-refractivity contribution in [1.82, 2.24) is 15.1 Å². The first-order valence-corrected chi connectivity index (χ1v) is 11.5. The highest BCUT2D eigenvalue weighted by atomic mass is 16.5. The number of benzene rings is 2. The van der Waals surface area contributed by atoms with E-state index in [1.54, 1.807) is 0 Å². The number of carbonyl (C=O) groups is 1. The molecule has 0 fully saturated rings. The van der Waals surface area contributed by atoms with Crippen LogP contribution in [0.25, 0.3) is 0 Å². The molecule has 6 nitrogen and oxygen atoms in total. The van der Waals surface area contributed by atoms with E-state index >= 15 is 0 Å². The fourth-order valence-electron chi connectivity index (χ4n) is 4.74. The Morgan fingerprint density at radius 3 is 2.84 bits per heavy atom. The highest BCUT2D eigenvalue weighted by Gasteiger charge is 2.28. The highest BCUT2D eigenvalue weighted by molar-refractivity contribution is 5.94. The average molecular weight is 432 g/mol. The second-order valence-electron chi connectivity index (χ2n) is 8.42. The molecular weight excluding hydrogens is 402 g/mol. The van der Waals surface area contributed by atoms with Gasteiger partial charge in [0.15, 0.2) is 5.69 Å². The van der Waals surface area contributed by atoms with Gasteiger partial charge >= 0.3 is 0 Å². The van der Waals surface area contributed by atoms with Crippen molar-refractivity contribution in [2.45, 2.75) is 45.3 Å². The number of aromatic nitrogens is 2. The quantitative estimate of drug-likeness (QED) is 0.648. The minimum absolute atomic E-state index is 0.0179. The zero-order valence-electron chi connectivity index (χ0n) is 18.5. The van der Waals surface area contributed by atoms with E-state index in [4.69, 9.17) is 9.47 Å². The number of ether oxygens (including phenoxy) is 2. The number of rotatable bonds is 5. The Kier molecular flexibility index (Phi) is 5.95. The van der Waals surface area contributed by atoms with Crippen molar-refractivity contribution in [3.8, 4) is 5.75 Å². The van der Waals surface area contributed by atoms with E-state index in [1.807, 2.05) is 36.1 Å². The van der Waals surface area contributed by atoms with Gasteiger partial charge in [-0.25, -0.2) is 0 Å². The van der Waals surface area contributed by atoms with Gasteiger partial charge in [-0.15, -0.1) is 0 Å². The minimum Gasteiger partial charge on any atom is -0.491 e. The third-order valence-corrected chi connectivity index (χ3v) is 6.35. The van der Waals surface area contributed by atoms with Crippen LogP contribution in [0.3, 0.4) is 0 Å². The number of aryl methyl sites for hydroxylation is 1. The summed E-state index contributed by atoms with van der Waals surface area (Å²) in [6.07, 6.45) is 4.01. The molecule has 1 atom stereocenters. The number of carbonyl (C=O) groups excluding carboxylic acids is 1. The van der Waals surface area contributed by atoms with Crippen molar-refractivity contribution in [2.24, 2.45) is 0 Å². The first kappa shape index (κ1) is 20.8. The minimum atomic E-state index is -0.155. The molecule has 1 aliphatic carbocycles. The summed E-state index contributed by atoms with van der Waals surface area (Å²) in [6.45, 7) is 4.13. The zero-order chi connectivity index (χ0) is 21.9. The topological polar surface area (TPSA) is 67.5 Å². The number of nitrogens with zero attached hydrogens (tertiary/aromatic N) is 2. The maximum atomic E-state index is 13.4. The van der Waals surface area contributed by atoms with Crippen LogP contribution in [0.5, 0.6) is 5.75 Å². The molecule has 0 bridgehead atoms. The van der Waals surface area contributed by atoms with Gasteiger partial charge in [-0.1, -0.05) is 36.4 Å². The zero-order valence-corrected chi connectivity index (χ0v) is 18.5. The van der Waals surface area contributed by atoms with Gasteiger partial charge in [0.05, 0.1) is 6.54 Å². The van der Waals surface area contributed by atoms with Gasteiger partial charge < -0.3 is 14.4 Å². The van der Waals surface area contributed by atoms with E-state index in [9.17, 15) is 4.79 Å². The van der Waals surface area contributed by atoms with Crippen LogP contribution in [0.1, 0.15) is 64.3 Å². The Bertz CT molecular complexity index is 1090. The lowest BCUT2D eigenvalue weighted by Gasteiger charge is -2.22. The fraction of sp³-hybridized carbons (Fsp3) is 0.385. The Morgan fingerprint density at radius 1 is 1.16 bits per heavy atom. The molecule has 0 unspecified atom stereocenters. The molecule has 32 heavy (non-hydrogen) atoms. The number of hydrogen-bond acceptors (Lipinski definition) is 4. The Hall–Kier alpha value is -3.12. The van der Waals surface area contributed by atoms with Gasteiger partial charge in [0, 0.05) is 30.0 Å². The molecule has 1 amide bonds. The summed E-state index contributed by atoms with van der Waals surface area (Å²) in [6, 6.07) is 16.4. The first-order chi connectivity index (χ1) is 15.7.